The van der Waals surface area contributed by atoms with Gasteiger partial charge in [0.05, 0.1) is 34.1 Å². The van der Waals surface area contributed by atoms with Gasteiger partial charge in [-0.1, -0.05) is 43.1 Å². The normalized spacial score (nSPS) is 24.6. The number of rotatable bonds is 20. The molecule has 11 nitrogen and oxygen atoms in total. The molecule has 6 atom stereocenters. The molecular weight excluding hydrogens is 719 g/mol. The molecule has 55 heavy (non-hydrogen) atoms. The highest BCUT2D eigenvalue weighted by molar-refractivity contribution is 8.00. The van der Waals surface area contributed by atoms with Gasteiger partial charge >= 0.3 is 0 Å². The van der Waals surface area contributed by atoms with Crippen molar-refractivity contribution in [3.05, 3.63) is 118 Å². The number of aryl methyl sites for hydroxylation is 1. The predicted octanol–water partition coefficient (Wildman–Crippen LogP) is 8.46. The minimum Gasteiger partial charge on any atom is -0.487 e. The summed E-state index contributed by atoms with van der Waals surface area (Å²) in [6.45, 7) is 9.15. The maximum atomic E-state index is 11.2. The molecule has 3 aliphatic rings. The fourth-order valence-corrected chi connectivity index (χ4v) is 9.68. The molecule has 0 bridgehead atoms. The van der Waals surface area contributed by atoms with Crippen LogP contribution in [0.2, 0.25) is 0 Å². The molecule has 1 aliphatic heterocycles. The molecule has 1 saturated carbocycles. The molecule has 0 spiro atoms. The van der Waals surface area contributed by atoms with Gasteiger partial charge < -0.3 is 29.3 Å². The van der Waals surface area contributed by atoms with Gasteiger partial charge in [-0.05, 0) is 104 Å². The third-order valence-corrected chi connectivity index (χ3v) is 12.1. The molecule has 294 valence electrons. The van der Waals surface area contributed by atoms with E-state index in [4.69, 9.17) is 24.2 Å². The third kappa shape index (κ3) is 9.26. The van der Waals surface area contributed by atoms with Crippen molar-refractivity contribution in [2.24, 2.45) is 22.9 Å². The summed E-state index contributed by atoms with van der Waals surface area (Å²) >= 11 is 1.78. The summed E-state index contributed by atoms with van der Waals surface area (Å²) in [4.78, 5) is 21.5. The van der Waals surface area contributed by atoms with Gasteiger partial charge in [0.15, 0.2) is 0 Å². The number of hydrogen-bond donors (Lipinski definition) is 2. The number of hydrogen-bond acceptors (Lipinski definition) is 11. The Morgan fingerprint density at radius 2 is 1.85 bits per heavy atom. The molecule has 0 unspecified atom stereocenters. The van der Waals surface area contributed by atoms with Gasteiger partial charge in [-0.3, -0.25) is 15.1 Å². The number of benzene rings is 2. The smallest absolute Gasteiger partial charge is 0.269 e. The van der Waals surface area contributed by atoms with Crippen molar-refractivity contribution < 1.29 is 34.2 Å². The molecule has 1 fully saturated rings. The minimum atomic E-state index is -1.03. The number of unbranched alkanes of at least 4 members (excludes halogenated alkanes) is 2. The summed E-state index contributed by atoms with van der Waals surface area (Å²) in [5.74, 6) is 1.32. The number of aliphatic hydroxyl groups is 2. The topological polar surface area (TPSA) is 146 Å². The number of allylic oxidation sites excluding steroid dienone is 1. The quantitative estimate of drug-likeness (QED) is 0.0497. The highest BCUT2D eigenvalue weighted by Gasteiger charge is 2.63. The number of nitro groups is 1. The molecule has 12 heteroatoms. The number of aromatic nitrogens is 1. The van der Waals surface area contributed by atoms with E-state index < -0.39 is 10.7 Å². The zero-order chi connectivity index (χ0) is 38.8. The van der Waals surface area contributed by atoms with Crippen molar-refractivity contribution in [3.63, 3.8) is 0 Å². The van der Waals surface area contributed by atoms with Crippen LogP contribution >= 0.6 is 11.8 Å². The van der Waals surface area contributed by atoms with Crippen LogP contribution in [-0.2, 0) is 22.8 Å². The summed E-state index contributed by atoms with van der Waals surface area (Å²) in [7, 11) is 0. The second kappa shape index (κ2) is 19.1. The lowest BCUT2D eigenvalue weighted by atomic mass is 9.56. The van der Waals surface area contributed by atoms with Gasteiger partial charge in [0.2, 0.25) is 5.79 Å². The first-order chi connectivity index (χ1) is 26.8. The second-order valence-corrected chi connectivity index (χ2v) is 15.9. The lowest BCUT2D eigenvalue weighted by Crippen LogP contribution is -2.64. The number of pyridine rings is 1. The zero-order valence-electron chi connectivity index (χ0n) is 31.8. The molecular formula is C43H53N3O8S. The summed E-state index contributed by atoms with van der Waals surface area (Å²) in [6.07, 6.45) is 9.60. The maximum absolute atomic E-state index is 11.2. The fourth-order valence-electron chi connectivity index (χ4n) is 8.50. The fraction of sp³-hybridized carbons (Fsp3) is 0.488. The molecule has 0 amide bonds. The van der Waals surface area contributed by atoms with Gasteiger partial charge in [0.25, 0.3) is 5.69 Å². The Morgan fingerprint density at radius 1 is 1.07 bits per heavy atom. The van der Waals surface area contributed by atoms with Crippen LogP contribution in [0.25, 0.3) is 0 Å². The Labute approximate surface area is 328 Å². The molecule has 6 rings (SSSR count). The average Bonchev–Trinajstić information content (AvgIpc) is 3.19. The molecule has 3 aromatic rings. The van der Waals surface area contributed by atoms with E-state index in [0.29, 0.717) is 32.5 Å². The second-order valence-electron chi connectivity index (χ2n) is 14.5. The monoisotopic (exact) mass is 771 g/mol. The van der Waals surface area contributed by atoms with Crippen molar-refractivity contribution in [2.45, 2.75) is 89.0 Å². The Morgan fingerprint density at radius 3 is 2.56 bits per heavy atom. The van der Waals surface area contributed by atoms with Crippen LogP contribution in [0, 0.1) is 34.8 Å². The van der Waals surface area contributed by atoms with E-state index in [1.807, 2.05) is 37.3 Å². The van der Waals surface area contributed by atoms with Gasteiger partial charge in [-0.2, -0.15) is 11.8 Å². The predicted molar refractivity (Wildman–Crippen MR) is 214 cm³/mol. The number of nitro benzene ring substituents is 1. The van der Waals surface area contributed by atoms with E-state index in [-0.39, 0.29) is 54.4 Å². The van der Waals surface area contributed by atoms with Gasteiger partial charge in [0.1, 0.15) is 24.7 Å². The lowest BCUT2D eigenvalue weighted by molar-refractivity contribution is -0.384. The molecule has 0 saturated heterocycles. The largest absolute Gasteiger partial charge is 0.487 e. The van der Waals surface area contributed by atoms with Crippen molar-refractivity contribution in [2.75, 3.05) is 25.6 Å². The first kappa shape index (κ1) is 40.4. The van der Waals surface area contributed by atoms with E-state index in [9.17, 15) is 20.3 Å². The van der Waals surface area contributed by atoms with Crippen LogP contribution in [-0.4, -0.2) is 62.4 Å². The Kier molecular flexibility index (Phi) is 14.0. The Balaban J connectivity index is 1.46. The van der Waals surface area contributed by atoms with Crippen LogP contribution in [0.4, 0.5) is 5.69 Å². The number of thioether (sulfide) groups is 1. The number of aliphatic hydroxyl groups excluding tert-OH is 2. The van der Waals surface area contributed by atoms with Crippen molar-refractivity contribution in [3.8, 4) is 11.5 Å². The number of nitrogens with zero attached hydrogens (tertiary/aromatic N) is 3. The summed E-state index contributed by atoms with van der Waals surface area (Å²) in [5.41, 5.74) is 5.51. The lowest BCUT2D eigenvalue weighted by Gasteiger charge is -2.58. The van der Waals surface area contributed by atoms with Crippen LogP contribution < -0.4 is 9.47 Å². The van der Waals surface area contributed by atoms with Crippen LogP contribution in [0.5, 0.6) is 11.5 Å². The number of fused-ring (bicyclic) bond motifs is 2. The summed E-state index contributed by atoms with van der Waals surface area (Å²) < 4.78 is 20.5. The standard InChI is InChI=1S/C43H53N3O8S/c1-4-23-52-43-40(55-5-2)26-38(45-53-27-30-15-17-33(18-16-30)46(49)50)36-24-31(12-6-8-21-47)35(14-7-9-22-48)41(42(36)43)37-25-34(19-20-39(37)54-43)51-28-32-13-10-11-29(3)44-32/h4,10-11,13,15-20,24-25,31,35,40-42,47-48H,1,5-9,12,14,21-23,26-28H2,2-3H3/t31-,35+,40-,41+,42+,43+/m0/s1. The van der Waals surface area contributed by atoms with Crippen molar-refractivity contribution in [1.82, 2.24) is 4.98 Å². The Hall–Kier alpha value is -4.23. The Bertz CT molecular complexity index is 1830. The highest BCUT2D eigenvalue weighted by Crippen LogP contribution is 2.62. The summed E-state index contributed by atoms with van der Waals surface area (Å²) in [6, 6.07) is 18.3. The molecule has 0 radical (unpaired) electrons. The third-order valence-electron chi connectivity index (χ3n) is 10.9. The van der Waals surface area contributed by atoms with E-state index in [2.05, 4.69) is 30.6 Å². The number of oxime groups is 1. The van der Waals surface area contributed by atoms with Crippen LogP contribution in [0.1, 0.15) is 80.3 Å². The van der Waals surface area contributed by atoms with Crippen LogP contribution in [0.15, 0.2) is 90.1 Å². The number of non-ortho nitro benzene ring substituents is 1. The van der Waals surface area contributed by atoms with Gasteiger partial charge in [-0.25, -0.2) is 0 Å². The van der Waals surface area contributed by atoms with Gasteiger partial charge in [0, 0.05) is 48.9 Å². The van der Waals surface area contributed by atoms with Gasteiger partial charge in [-0.15, -0.1) is 6.58 Å². The van der Waals surface area contributed by atoms with Crippen LogP contribution in [0.3, 0.4) is 0 Å². The van der Waals surface area contributed by atoms with Crippen molar-refractivity contribution in [1.29, 1.82) is 0 Å². The highest BCUT2D eigenvalue weighted by atomic mass is 32.2. The zero-order valence-corrected chi connectivity index (χ0v) is 32.6. The number of ether oxygens (including phenoxy) is 3. The average molecular weight is 772 g/mol. The summed E-state index contributed by atoms with van der Waals surface area (Å²) in [5, 5.41) is 35.5. The van der Waals surface area contributed by atoms with E-state index in [1.54, 1.807) is 30.0 Å². The minimum absolute atomic E-state index is 0.0230. The molecule has 2 aromatic carbocycles. The first-order valence-corrected chi connectivity index (χ1v) is 20.5. The molecule has 2 N–H and O–H groups in total. The van der Waals surface area contributed by atoms with E-state index >= 15 is 0 Å². The molecule has 2 aliphatic carbocycles. The van der Waals surface area contributed by atoms with E-state index in [0.717, 1.165) is 76.7 Å². The molecule has 1 aromatic heterocycles. The molecule has 2 heterocycles. The SMILES string of the molecule is C=CCO[C@@]12Oc3ccc(OCc4cccc(C)n4)cc3[C@H]3[C@H](CCCCO)[C@@H](CCCCO)C=C(C(=NOCc4ccc([N+](=O)[O-])cc4)C[C@@H]1SCC)[C@H]32. The van der Waals surface area contributed by atoms with Crippen molar-refractivity contribution >= 4 is 23.2 Å². The maximum Gasteiger partial charge on any atom is 0.269 e. The van der Waals surface area contributed by atoms with E-state index in [1.165, 1.54) is 12.1 Å². The first-order valence-electron chi connectivity index (χ1n) is 19.4.